The van der Waals surface area contributed by atoms with Crippen LogP contribution in [-0.2, 0) is 16.3 Å². The van der Waals surface area contributed by atoms with Gasteiger partial charge < -0.3 is 5.11 Å². The highest BCUT2D eigenvalue weighted by Crippen LogP contribution is 2.24. The lowest BCUT2D eigenvalue weighted by Crippen LogP contribution is -2.05. The molecule has 0 saturated carbocycles. The molecular weight excluding hydrogens is 315 g/mol. The summed E-state index contributed by atoms with van der Waals surface area (Å²) in [5.41, 5.74) is 0.692. The van der Waals surface area contributed by atoms with Crippen LogP contribution in [0, 0.1) is 5.82 Å². The number of halogens is 2. The first-order chi connectivity index (χ1) is 9.77. The van der Waals surface area contributed by atoms with Crippen LogP contribution < -0.4 is 0 Å². The molecule has 0 bridgehead atoms. The average molecular weight is 329 g/mol. The Morgan fingerprint density at radius 2 is 1.95 bits per heavy atom. The topological polar surface area (TPSA) is 54.4 Å². The summed E-state index contributed by atoms with van der Waals surface area (Å²) in [5.74, 6) is -0.460. The number of benzene rings is 2. The summed E-state index contributed by atoms with van der Waals surface area (Å²) in [4.78, 5) is 0.116. The standard InChI is InChI=1S/C15H14ClFO3S/c1-21(19,20)13-4-2-3-10(8-13)15(18)9-11-7-12(16)5-6-14(11)17/h2-8,15,18H,9H2,1H3. The first-order valence-electron chi connectivity index (χ1n) is 6.19. The molecule has 2 rings (SSSR count). The lowest BCUT2D eigenvalue weighted by atomic mass is 10.0. The summed E-state index contributed by atoms with van der Waals surface area (Å²) >= 11 is 5.80. The van der Waals surface area contributed by atoms with Gasteiger partial charge in [-0.25, -0.2) is 12.8 Å². The molecule has 0 aliphatic carbocycles. The fourth-order valence-corrected chi connectivity index (χ4v) is 2.85. The Morgan fingerprint density at radius 3 is 2.62 bits per heavy atom. The lowest BCUT2D eigenvalue weighted by Gasteiger charge is -2.13. The Bertz CT molecular complexity index is 759. The monoisotopic (exact) mass is 328 g/mol. The zero-order chi connectivity index (χ0) is 15.6. The van der Waals surface area contributed by atoms with Gasteiger partial charge in [0.05, 0.1) is 11.0 Å². The summed E-state index contributed by atoms with van der Waals surface area (Å²) < 4.78 is 36.7. The van der Waals surface area contributed by atoms with Crippen molar-refractivity contribution < 1.29 is 17.9 Å². The van der Waals surface area contributed by atoms with Crippen LogP contribution in [0.1, 0.15) is 17.2 Å². The summed E-state index contributed by atoms with van der Waals surface area (Å²) in [5, 5.41) is 10.6. The second-order valence-corrected chi connectivity index (χ2v) is 7.25. The van der Waals surface area contributed by atoms with Crippen LogP contribution >= 0.6 is 11.6 Å². The predicted octanol–water partition coefficient (Wildman–Crippen LogP) is 3.16. The van der Waals surface area contributed by atoms with Crippen molar-refractivity contribution in [1.82, 2.24) is 0 Å². The minimum absolute atomic E-state index is 0.0135. The minimum atomic E-state index is -3.35. The maximum atomic E-state index is 13.6. The Balaban J connectivity index is 2.28. The van der Waals surface area contributed by atoms with E-state index in [1.807, 2.05) is 0 Å². The highest BCUT2D eigenvalue weighted by Gasteiger charge is 2.15. The van der Waals surface area contributed by atoms with E-state index in [0.717, 1.165) is 6.26 Å². The zero-order valence-corrected chi connectivity index (χ0v) is 12.8. The molecule has 0 saturated heterocycles. The van der Waals surface area contributed by atoms with Crippen molar-refractivity contribution in [3.8, 4) is 0 Å². The van der Waals surface area contributed by atoms with E-state index in [4.69, 9.17) is 11.6 Å². The Hall–Kier alpha value is -1.43. The molecule has 3 nitrogen and oxygen atoms in total. The Morgan fingerprint density at radius 1 is 1.24 bits per heavy atom. The van der Waals surface area contributed by atoms with E-state index < -0.39 is 21.8 Å². The van der Waals surface area contributed by atoms with Gasteiger partial charge in [0.2, 0.25) is 0 Å². The molecule has 2 aromatic rings. The molecule has 0 aliphatic heterocycles. The van der Waals surface area contributed by atoms with Crippen LogP contribution in [0.4, 0.5) is 4.39 Å². The Labute approximate surface area is 127 Å². The molecule has 0 radical (unpaired) electrons. The molecule has 0 spiro atoms. The molecule has 1 unspecified atom stereocenters. The van der Waals surface area contributed by atoms with Crippen LogP contribution in [0.3, 0.4) is 0 Å². The van der Waals surface area contributed by atoms with Crippen LogP contribution in [0.5, 0.6) is 0 Å². The second-order valence-electron chi connectivity index (χ2n) is 4.80. The minimum Gasteiger partial charge on any atom is -0.388 e. The third-order valence-corrected chi connectivity index (χ3v) is 4.44. The quantitative estimate of drug-likeness (QED) is 0.938. The molecule has 0 aliphatic rings. The third-order valence-electron chi connectivity index (χ3n) is 3.09. The number of hydrogen-bond donors (Lipinski definition) is 1. The fraction of sp³-hybridized carbons (Fsp3) is 0.200. The van der Waals surface area contributed by atoms with Crippen LogP contribution in [0.15, 0.2) is 47.4 Å². The van der Waals surface area contributed by atoms with Crippen molar-refractivity contribution in [1.29, 1.82) is 0 Å². The van der Waals surface area contributed by atoms with Gasteiger partial charge in [0.1, 0.15) is 5.82 Å². The maximum absolute atomic E-state index is 13.6. The summed E-state index contributed by atoms with van der Waals surface area (Å²) in [7, 11) is -3.35. The number of aliphatic hydroxyl groups is 1. The molecule has 0 amide bonds. The number of aliphatic hydroxyl groups excluding tert-OH is 1. The van der Waals surface area contributed by atoms with Gasteiger partial charge in [-0.2, -0.15) is 0 Å². The first-order valence-corrected chi connectivity index (χ1v) is 8.46. The van der Waals surface area contributed by atoms with E-state index in [2.05, 4.69) is 0 Å². The van der Waals surface area contributed by atoms with Gasteiger partial charge >= 0.3 is 0 Å². The van der Waals surface area contributed by atoms with Crippen LogP contribution in [0.25, 0.3) is 0 Å². The van der Waals surface area contributed by atoms with Gasteiger partial charge in [-0.15, -0.1) is 0 Å². The molecule has 1 atom stereocenters. The molecular formula is C15H14ClFO3S. The summed E-state index contributed by atoms with van der Waals surface area (Å²) in [6.45, 7) is 0. The number of rotatable bonds is 4. The summed E-state index contributed by atoms with van der Waals surface area (Å²) in [6.07, 6.45) is 0.0917. The molecule has 6 heteroatoms. The lowest BCUT2D eigenvalue weighted by molar-refractivity contribution is 0.177. The zero-order valence-electron chi connectivity index (χ0n) is 11.3. The molecule has 2 aromatic carbocycles. The second kappa shape index (κ2) is 6.13. The molecule has 21 heavy (non-hydrogen) atoms. The van der Waals surface area contributed by atoms with E-state index in [-0.39, 0.29) is 16.9 Å². The van der Waals surface area contributed by atoms with Crippen molar-refractivity contribution in [2.24, 2.45) is 0 Å². The first kappa shape index (κ1) is 15.9. The van der Waals surface area contributed by atoms with Gasteiger partial charge in [0, 0.05) is 17.7 Å². The maximum Gasteiger partial charge on any atom is 0.175 e. The normalized spacial score (nSPS) is 13.1. The number of sulfone groups is 1. The Kier molecular flexibility index (Phi) is 4.66. The SMILES string of the molecule is CS(=O)(=O)c1cccc(C(O)Cc2cc(Cl)ccc2F)c1. The van der Waals surface area contributed by atoms with Crippen molar-refractivity contribution in [3.05, 3.63) is 64.4 Å². The van der Waals surface area contributed by atoms with Crippen LogP contribution in [-0.4, -0.2) is 19.8 Å². The fourth-order valence-electron chi connectivity index (χ4n) is 1.98. The summed E-state index contributed by atoms with van der Waals surface area (Å²) in [6, 6.07) is 10.1. The van der Waals surface area contributed by atoms with Crippen LogP contribution in [0.2, 0.25) is 5.02 Å². The molecule has 112 valence electrons. The largest absolute Gasteiger partial charge is 0.388 e. The van der Waals surface area contributed by atoms with E-state index in [1.54, 1.807) is 12.1 Å². The van der Waals surface area contributed by atoms with Crippen molar-refractivity contribution >= 4 is 21.4 Å². The molecule has 0 aromatic heterocycles. The van der Waals surface area contributed by atoms with Gasteiger partial charge in [-0.3, -0.25) is 0 Å². The van der Waals surface area contributed by atoms with Gasteiger partial charge in [0.25, 0.3) is 0 Å². The van der Waals surface area contributed by atoms with E-state index in [9.17, 15) is 17.9 Å². The molecule has 1 N–H and O–H groups in total. The van der Waals surface area contributed by atoms with Gasteiger partial charge in [-0.1, -0.05) is 23.7 Å². The molecule has 0 fully saturated rings. The predicted molar refractivity (Wildman–Crippen MR) is 79.6 cm³/mol. The van der Waals surface area contributed by atoms with E-state index in [0.29, 0.717) is 10.6 Å². The third kappa shape index (κ3) is 4.03. The smallest absolute Gasteiger partial charge is 0.175 e. The van der Waals surface area contributed by atoms with Crippen molar-refractivity contribution in [2.75, 3.05) is 6.26 Å². The van der Waals surface area contributed by atoms with Crippen molar-refractivity contribution in [3.63, 3.8) is 0 Å². The van der Waals surface area contributed by atoms with E-state index in [1.165, 1.54) is 30.3 Å². The van der Waals surface area contributed by atoms with Gasteiger partial charge in [-0.05, 0) is 41.5 Å². The van der Waals surface area contributed by atoms with E-state index >= 15 is 0 Å². The molecule has 0 heterocycles. The van der Waals surface area contributed by atoms with Gasteiger partial charge in [0.15, 0.2) is 9.84 Å². The average Bonchev–Trinajstić information content (AvgIpc) is 2.42. The highest BCUT2D eigenvalue weighted by atomic mass is 35.5. The number of hydrogen-bond acceptors (Lipinski definition) is 3. The highest BCUT2D eigenvalue weighted by molar-refractivity contribution is 7.90. The van der Waals surface area contributed by atoms with Crippen molar-refractivity contribution in [2.45, 2.75) is 17.4 Å².